The maximum atomic E-state index is 8.00. The van der Waals surface area contributed by atoms with Gasteiger partial charge in [-0.05, 0) is 53.3 Å². The predicted octanol–water partition coefficient (Wildman–Crippen LogP) is 5.58. The molecule has 0 aliphatic rings. The largest absolute Gasteiger partial charge is 0.256 e. The van der Waals surface area contributed by atoms with Crippen molar-refractivity contribution in [2.24, 2.45) is 0 Å². The normalized spacial score (nSPS) is 16.3. The molecule has 0 unspecified atom stereocenters. The van der Waals surface area contributed by atoms with Crippen LogP contribution in [-0.2, 0) is 0 Å². The molecule has 0 saturated heterocycles. The summed E-state index contributed by atoms with van der Waals surface area (Å²) in [6, 6.07) is 16.0. The Morgan fingerprint density at radius 1 is 0.833 bits per heavy atom. The fraction of sp³-hybridized carbons (Fsp3) is 0.227. The molecule has 0 radical (unpaired) electrons. The lowest BCUT2D eigenvalue weighted by Crippen LogP contribution is -2.39. The third-order valence-electron chi connectivity index (χ3n) is 4.11. The first-order chi connectivity index (χ1) is 13.8. The van der Waals surface area contributed by atoms with Gasteiger partial charge in [-0.1, -0.05) is 62.1 Å². The fourth-order valence-corrected chi connectivity index (χ4v) is 4.10. The Morgan fingerprint density at radius 3 is 2.25 bits per heavy atom. The number of nitrogens with zero attached hydrogens (tertiary/aromatic N) is 1. The Kier molecular flexibility index (Phi) is 2.82. The molecule has 0 atom stereocenters. The highest BCUT2D eigenvalue weighted by Crippen LogP contribution is 2.28. The molecule has 2 heteroatoms. The number of rotatable bonds is 3. The van der Waals surface area contributed by atoms with Gasteiger partial charge in [0, 0.05) is 20.0 Å². The fourth-order valence-electron chi connectivity index (χ4n) is 2.77. The Bertz CT molecular complexity index is 1050. The van der Waals surface area contributed by atoms with Crippen molar-refractivity contribution in [1.29, 1.82) is 0 Å². The Hall–Kier alpha value is -2.19. The predicted molar refractivity (Wildman–Crippen MR) is 108 cm³/mol. The molecule has 1 aromatic heterocycles. The zero-order chi connectivity index (χ0) is 22.3. The van der Waals surface area contributed by atoms with Crippen LogP contribution in [0.4, 0.5) is 0 Å². The van der Waals surface area contributed by atoms with E-state index in [-0.39, 0.29) is 5.56 Å². The molecule has 0 saturated carbocycles. The Morgan fingerprint density at radius 2 is 1.58 bits per heavy atom. The van der Waals surface area contributed by atoms with Gasteiger partial charge in [0.15, 0.2) is 0 Å². The summed E-state index contributed by atoms with van der Waals surface area (Å²) < 4.78 is 47.7. The van der Waals surface area contributed by atoms with Crippen molar-refractivity contribution in [1.82, 2.24) is 4.98 Å². The molecule has 0 amide bonds. The van der Waals surface area contributed by atoms with Gasteiger partial charge in [0.2, 0.25) is 0 Å². The molecule has 0 aliphatic heterocycles. The van der Waals surface area contributed by atoms with E-state index in [9.17, 15) is 0 Å². The van der Waals surface area contributed by atoms with E-state index in [0.29, 0.717) is 22.4 Å². The lowest BCUT2D eigenvalue weighted by atomic mass is 9.97. The van der Waals surface area contributed by atoms with Gasteiger partial charge in [-0.15, -0.1) is 0 Å². The highest BCUT2D eigenvalue weighted by atomic mass is 28.3. The summed E-state index contributed by atoms with van der Waals surface area (Å²) in [5, 5.41) is 0.814. The molecule has 2 aromatic carbocycles. The number of pyridine rings is 1. The first-order valence-corrected chi connectivity index (χ1v) is 11.5. The van der Waals surface area contributed by atoms with E-state index in [2.05, 4.69) is 24.6 Å². The van der Waals surface area contributed by atoms with E-state index in [4.69, 9.17) is 8.22 Å². The SMILES string of the molecule is [2H]C([2H])([2H])c1ccc(-c2cc(C([2H])([2H])[2H])c([Si](C)(C)C)cn2)cc1-c1ccccc1. The van der Waals surface area contributed by atoms with Crippen molar-refractivity contribution in [3.63, 3.8) is 0 Å². The topological polar surface area (TPSA) is 12.9 Å². The quantitative estimate of drug-likeness (QED) is 0.569. The number of hydrogen-bond donors (Lipinski definition) is 0. The van der Waals surface area contributed by atoms with Gasteiger partial charge in [-0.2, -0.15) is 0 Å². The van der Waals surface area contributed by atoms with E-state index < -0.39 is 21.8 Å². The molecule has 3 aromatic rings. The number of benzene rings is 2. The van der Waals surface area contributed by atoms with Gasteiger partial charge in [-0.25, -0.2) is 0 Å². The van der Waals surface area contributed by atoms with E-state index >= 15 is 0 Å². The molecule has 0 N–H and O–H groups in total. The number of aromatic nitrogens is 1. The van der Waals surface area contributed by atoms with Crippen LogP contribution in [-0.4, -0.2) is 13.1 Å². The summed E-state index contributed by atoms with van der Waals surface area (Å²) >= 11 is 0. The van der Waals surface area contributed by atoms with Crippen molar-refractivity contribution in [3.05, 3.63) is 71.9 Å². The van der Waals surface area contributed by atoms with E-state index in [1.165, 1.54) is 0 Å². The van der Waals surface area contributed by atoms with Crippen LogP contribution in [0, 0.1) is 13.7 Å². The van der Waals surface area contributed by atoms with Crippen molar-refractivity contribution >= 4 is 13.3 Å². The zero-order valence-corrected chi connectivity index (χ0v) is 15.2. The highest BCUT2D eigenvalue weighted by molar-refractivity contribution is 6.89. The lowest BCUT2D eigenvalue weighted by molar-refractivity contribution is 1.30. The molecular weight excluding hydrogens is 306 g/mol. The van der Waals surface area contributed by atoms with Crippen LogP contribution in [0.5, 0.6) is 0 Å². The number of hydrogen-bond acceptors (Lipinski definition) is 1. The lowest BCUT2D eigenvalue weighted by Gasteiger charge is -2.19. The van der Waals surface area contributed by atoms with Crippen molar-refractivity contribution in [2.75, 3.05) is 0 Å². The molecule has 1 heterocycles. The zero-order valence-electron chi connectivity index (χ0n) is 20.2. The first-order valence-electron chi connectivity index (χ1n) is 11.0. The minimum absolute atomic E-state index is 0.257. The van der Waals surface area contributed by atoms with Gasteiger partial charge in [0.05, 0.1) is 13.8 Å². The van der Waals surface area contributed by atoms with Crippen LogP contribution in [0.3, 0.4) is 0 Å². The summed E-state index contributed by atoms with van der Waals surface area (Å²) in [6.45, 7) is 1.78. The Balaban J connectivity index is 2.22. The third kappa shape index (κ3) is 3.34. The maximum Gasteiger partial charge on any atom is 0.0799 e. The summed E-state index contributed by atoms with van der Waals surface area (Å²) in [5.41, 5.74) is 3.19. The molecule has 1 nitrogen and oxygen atoms in total. The van der Waals surface area contributed by atoms with Crippen LogP contribution in [0.15, 0.2) is 60.8 Å². The summed E-state index contributed by atoms with van der Waals surface area (Å²) in [5.74, 6) is 0. The van der Waals surface area contributed by atoms with Crippen LogP contribution in [0.1, 0.15) is 19.4 Å². The molecule has 0 aliphatic carbocycles. The van der Waals surface area contributed by atoms with Crippen LogP contribution in [0.25, 0.3) is 22.4 Å². The van der Waals surface area contributed by atoms with Crippen LogP contribution >= 0.6 is 0 Å². The second-order valence-corrected chi connectivity index (χ2v) is 12.0. The monoisotopic (exact) mass is 337 g/mol. The molecule has 24 heavy (non-hydrogen) atoms. The van der Waals surface area contributed by atoms with Gasteiger partial charge in [-0.3, -0.25) is 4.98 Å². The van der Waals surface area contributed by atoms with E-state index in [0.717, 1.165) is 10.8 Å². The smallest absolute Gasteiger partial charge is 0.0799 e. The van der Waals surface area contributed by atoms with Gasteiger partial charge < -0.3 is 0 Å². The molecular formula is C22H25NSi. The average molecular weight is 338 g/mol. The van der Waals surface area contributed by atoms with Crippen molar-refractivity contribution in [3.8, 4) is 22.4 Å². The summed E-state index contributed by atoms with van der Waals surface area (Å²) in [6.07, 6.45) is 1.68. The standard InChI is InChI=1S/C22H25NSi/c1-16-11-12-19(14-20(16)18-9-7-6-8-10-18)21-13-17(2)22(15-23-21)24(3,4)5/h6-15H,1-5H3/i1D3,2D3. The second-order valence-electron chi connectivity index (χ2n) is 6.99. The third-order valence-corrected chi connectivity index (χ3v) is 6.13. The number of aryl methyl sites for hydroxylation is 2. The van der Waals surface area contributed by atoms with Crippen LogP contribution < -0.4 is 5.19 Å². The van der Waals surface area contributed by atoms with E-state index in [1.807, 2.05) is 30.3 Å². The molecule has 122 valence electrons. The summed E-state index contributed by atoms with van der Waals surface area (Å²) in [7, 11) is -1.91. The summed E-state index contributed by atoms with van der Waals surface area (Å²) in [4.78, 5) is 4.56. The van der Waals surface area contributed by atoms with Crippen molar-refractivity contribution in [2.45, 2.75) is 33.3 Å². The molecule has 3 rings (SSSR count). The molecule has 0 spiro atoms. The van der Waals surface area contributed by atoms with Crippen molar-refractivity contribution < 1.29 is 8.22 Å². The molecule has 0 fully saturated rings. The molecule has 0 bridgehead atoms. The highest BCUT2D eigenvalue weighted by Gasteiger charge is 2.19. The van der Waals surface area contributed by atoms with E-state index in [1.54, 1.807) is 30.5 Å². The Labute approximate surface area is 154 Å². The van der Waals surface area contributed by atoms with Crippen LogP contribution in [0.2, 0.25) is 19.6 Å². The minimum Gasteiger partial charge on any atom is -0.256 e. The van der Waals surface area contributed by atoms with Gasteiger partial charge in [0.25, 0.3) is 0 Å². The average Bonchev–Trinajstić information content (AvgIpc) is 2.65. The minimum atomic E-state index is -2.26. The first kappa shape index (κ1) is 10.6. The van der Waals surface area contributed by atoms with Gasteiger partial charge in [0.1, 0.15) is 0 Å². The maximum absolute atomic E-state index is 8.00. The van der Waals surface area contributed by atoms with Gasteiger partial charge >= 0.3 is 0 Å². The second kappa shape index (κ2) is 6.37.